The monoisotopic (exact) mass is 377 g/mol. The molecule has 0 amide bonds. The molecule has 0 saturated carbocycles. The van der Waals surface area contributed by atoms with Gasteiger partial charge in [-0.15, -0.1) is 24.8 Å². The number of halogens is 2. The molecule has 1 aromatic heterocycles. The molecule has 3 rings (SSSR count). The van der Waals surface area contributed by atoms with Crippen LogP contribution in [0.4, 0.5) is 0 Å². The van der Waals surface area contributed by atoms with E-state index in [0.29, 0.717) is 22.6 Å². The molecule has 1 heterocycles. The standard InChI is InChI=1S/C17H15N5O.2ClH/c18-16(19)11-6-4-10(5-7-11)14-9-15(23-22-14)12-2-1-3-13(8-12)17(20)21;;/h1-9H,(H3,18,19)(H3,20,21);2*1H. The van der Waals surface area contributed by atoms with E-state index in [1.165, 1.54) is 0 Å². The van der Waals surface area contributed by atoms with E-state index >= 15 is 0 Å². The van der Waals surface area contributed by atoms with Crippen molar-refractivity contribution in [2.75, 3.05) is 0 Å². The van der Waals surface area contributed by atoms with Gasteiger partial charge in [0.05, 0.1) is 0 Å². The van der Waals surface area contributed by atoms with Gasteiger partial charge in [0.15, 0.2) is 5.76 Å². The third-order valence-corrected chi connectivity index (χ3v) is 3.46. The molecule has 25 heavy (non-hydrogen) atoms. The maximum atomic E-state index is 7.49. The molecule has 0 aliphatic rings. The molecule has 8 heteroatoms. The maximum Gasteiger partial charge on any atom is 0.167 e. The van der Waals surface area contributed by atoms with Crippen molar-refractivity contribution in [1.82, 2.24) is 5.16 Å². The van der Waals surface area contributed by atoms with Gasteiger partial charge in [0.2, 0.25) is 0 Å². The van der Waals surface area contributed by atoms with Crippen LogP contribution >= 0.6 is 24.8 Å². The normalized spacial score (nSPS) is 9.60. The summed E-state index contributed by atoms with van der Waals surface area (Å²) in [5, 5.41) is 19.0. The maximum absolute atomic E-state index is 7.49. The average Bonchev–Trinajstić information content (AvgIpc) is 3.05. The van der Waals surface area contributed by atoms with Crippen molar-refractivity contribution >= 4 is 36.5 Å². The fraction of sp³-hybridized carbons (Fsp3) is 0. The van der Waals surface area contributed by atoms with E-state index in [2.05, 4.69) is 5.16 Å². The van der Waals surface area contributed by atoms with Crippen LogP contribution in [0.15, 0.2) is 59.1 Å². The summed E-state index contributed by atoms with van der Waals surface area (Å²) in [6.07, 6.45) is 0. The molecular weight excluding hydrogens is 361 g/mol. The lowest BCUT2D eigenvalue weighted by Gasteiger charge is -2.00. The Kier molecular flexibility index (Phi) is 6.73. The van der Waals surface area contributed by atoms with E-state index in [1.54, 1.807) is 24.3 Å². The van der Waals surface area contributed by atoms with Gasteiger partial charge in [-0.3, -0.25) is 10.8 Å². The molecule has 6 nitrogen and oxygen atoms in total. The van der Waals surface area contributed by atoms with E-state index < -0.39 is 0 Å². The highest BCUT2D eigenvalue weighted by atomic mass is 35.5. The molecule has 6 N–H and O–H groups in total. The Balaban J connectivity index is 0.00000156. The van der Waals surface area contributed by atoms with Gasteiger partial charge in [-0.25, -0.2) is 0 Å². The zero-order valence-electron chi connectivity index (χ0n) is 13.0. The Morgan fingerprint density at radius 2 is 1.44 bits per heavy atom. The molecule has 130 valence electrons. The fourth-order valence-electron chi connectivity index (χ4n) is 2.21. The van der Waals surface area contributed by atoms with Crippen LogP contribution < -0.4 is 11.5 Å². The average molecular weight is 378 g/mol. The van der Waals surface area contributed by atoms with Crippen LogP contribution in [0.1, 0.15) is 11.1 Å². The van der Waals surface area contributed by atoms with E-state index in [4.69, 9.17) is 26.8 Å². The lowest BCUT2D eigenvalue weighted by molar-refractivity contribution is 0.435. The van der Waals surface area contributed by atoms with Crippen molar-refractivity contribution in [2.45, 2.75) is 0 Å². The van der Waals surface area contributed by atoms with Crippen LogP contribution in [0.5, 0.6) is 0 Å². The van der Waals surface area contributed by atoms with Gasteiger partial charge < -0.3 is 16.0 Å². The molecule has 0 bridgehead atoms. The van der Waals surface area contributed by atoms with Crippen LogP contribution in [0, 0.1) is 10.8 Å². The first-order valence-corrected chi connectivity index (χ1v) is 6.91. The van der Waals surface area contributed by atoms with Gasteiger partial charge in [0.1, 0.15) is 17.4 Å². The lowest BCUT2D eigenvalue weighted by Crippen LogP contribution is -2.10. The van der Waals surface area contributed by atoms with Crippen LogP contribution in [0.3, 0.4) is 0 Å². The minimum absolute atomic E-state index is 0. The third kappa shape index (κ3) is 4.37. The second kappa shape index (κ2) is 8.32. The summed E-state index contributed by atoms with van der Waals surface area (Å²) in [5.41, 5.74) is 14.6. The molecule has 0 fully saturated rings. The van der Waals surface area contributed by atoms with Crippen molar-refractivity contribution in [2.24, 2.45) is 11.5 Å². The highest BCUT2D eigenvalue weighted by molar-refractivity contribution is 5.96. The minimum Gasteiger partial charge on any atom is -0.384 e. The largest absolute Gasteiger partial charge is 0.384 e. The van der Waals surface area contributed by atoms with Gasteiger partial charge >= 0.3 is 0 Å². The number of nitrogens with two attached hydrogens (primary N) is 2. The van der Waals surface area contributed by atoms with Crippen LogP contribution in [-0.4, -0.2) is 16.8 Å². The van der Waals surface area contributed by atoms with E-state index in [-0.39, 0.29) is 36.5 Å². The number of rotatable bonds is 4. The molecule has 0 saturated heterocycles. The molecule has 0 aliphatic carbocycles. The highest BCUT2D eigenvalue weighted by Crippen LogP contribution is 2.26. The van der Waals surface area contributed by atoms with Gasteiger partial charge in [-0.1, -0.05) is 47.6 Å². The smallest absolute Gasteiger partial charge is 0.167 e. The summed E-state index contributed by atoms with van der Waals surface area (Å²) in [6, 6.07) is 16.3. The molecule has 0 unspecified atom stereocenters. The molecule has 0 spiro atoms. The number of nitrogen functional groups attached to an aromatic ring is 2. The summed E-state index contributed by atoms with van der Waals surface area (Å²) in [5.74, 6) is 0.628. The number of amidine groups is 2. The zero-order valence-corrected chi connectivity index (χ0v) is 14.7. The molecule has 3 aromatic rings. The van der Waals surface area contributed by atoms with E-state index in [1.807, 2.05) is 30.3 Å². The number of hydrogen-bond acceptors (Lipinski definition) is 4. The predicted molar refractivity (Wildman–Crippen MR) is 104 cm³/mol. The lowest BCUT2D eigenvalue weighted by atomic mass is 10.1. The van der Waals surface area contributed by atoms with Crippen LogP contribution in [0.2, 0.25) is 0 Å². The Morgan fingerprint density at radius 3 is 2.04 bits per heavy atom. The quantitative estimate of drug-likeness (QED) is 0.410. The Labute approximate surface area is 157 Å². The molecule has 0 aliphatic heterocycles. The Hall–Kier alpha value is -2.83. The van der Waals surface area contributed by atoms with Gasteiger partial charge in [0, 0.05) is 28.3 Å². The Bertz CT molecular complexity index is 890. The van der Waals surface area contributed by atoms with Crippen molar-refractivity contribution in [3.8, 4) is 22.6 Å². The third-order valence-electron chi connectivity index (χ3n) is 3.46. The Morgan fingerprint density at radius 1 is 0.800 bits per heavy atom. The zero-order chi connectivity index (χ0) is 16.4. The first-order valence-electron chi connectivity index (χ1n) is 6.91. The molecule has 0 radical (unpaired) electrons. The van der Waals surface area contributed by atoms with Crippen molar-refractivity contribution in [1.29, 1.82) is 10.8 Å². The molecule has 0 atom stereocenters. The summed E-state index contributed by atoms with van der Waals surface area (Å²) in [6.45, 7) is 0. The highest BCUT2D eigenvalue weighted by Gasteiger charge is 2.10. The number of nitrogens with zero attached hydrogens (tertiary/aromatic N) is 1. The second-order valence-electron chi connectivity index (χ2n) is 5.06. The fourth-order valence-corrected chi connectivity index (χ4v) is 2.21. The summed E-state index contributed by atoms with van der Waals surface area (Å²) >= 11 is 0. The number of nitrogens with one attached hydrogen (secondary N) is 2. The topological polar surface area (TPSA) is 126 Å². The SMILES string of the molecule is Cl.Cl.N=C(N)c1ccc(-c2cc(-c3cccc(C(=N)N)c3)on2)cc1. The van der Waals surface area contributed by atoms with Gasteiger partial charge in [-0.05, 0) is 6.07 Å². The van der Waals surface area contributed by atoms with Crippen LogP contribution in [0.25, 0.3) is 22.6 Å². The minimum atomic E-state index is 0. The van der Waals surface area contributed by atoms with Crippen molar-refractivity contribution < 1.29 is 4.52 Å². The summed E-state index contributed by atoms with van der Waals surface area (Å²) in [7, 11) is 0. The van der Waals surface area contributed by atoms with Gasteiger partial charge in [0.25, 0.3) is 0 Å². The van der Waals surface area contributed by atoms with E-state index in [9.17, 15) is 0 Å². The molecule has 2 aromatic carbocycles. The second-order valence-corrected chi connectivity index (χ2v) is 5.06. The van der Waals surface area contributed by atoms with Crippen molar-refractivity contribution in [3.63, 3.8) is 0 Å². The first kappa shape index (κ1) is 20.2. The number of hydrogen-bond donors (Lipinski definition) is 4. The number of benzene rings is 2. The summed E-state index contributed by atoms with van der Waals surface area (Å²) < 4.78 is 5.39. The van der Waals surface area contributed by atoms with Crippen LogP contribution in [-0.2, 0) is 0 Å². The number of aromatic nitrogens is 1. The first-order chi connectivity index (χ1) is 11.0. The van der Waals surface area contributed by atoms with Gasteiger partial charge in [-0.2, -0.15) is 0 Å². The predicted octanol–water partition coefficient (Wildman–Crippen LogP) is 3.42. The molecular formula is C17H17Cl2N5O. The summed E-state index contributed by atoms with van der Waals surface area (Å²) in [4.78, 5) is 0. The van der Waals surface area contributed by atoms with Crippen molar-refractivity contribution in [3.05, 3.63) is 65.7 Å². The van der Waals surface area contributed by atoms with E-state index in [0.717, 1.165) is 11.1 Å².